The number of nitrogens with two attached hydrogens (primary N) is 2. The van der Waals surface area contributed by atoms with E-state index in [0.717, 1.165) is 5.56 Å². The summed E-state index contributed by atoms with van der Waals surface area (Å²) in [5.41, 5.74) is 12.9. The van der Waals surface area contributed by atoms with Gasteiger partial charge in [0.2, 0.25) is 0 Å². The van der Waals surface area contributed by atoms with Gasteiger partial charge in [-0.25, -0.2) is 0 Å². The maximum atomic E-state index is 5.75. The third kappa shape index (κ3) is 1.85. The fourth-order valence-corrected chi connectivity index (χ4v) is 1.12. The molecule has 1 aromatic rings. The largest absolute Gasteiger partial charge is 0.398 e. The van der Waals surface area contributed by atoms with E-state index in [1.165, 1.54) is 0 Å². The lowest BCUT2D eigenvalue weighted by Gasteiger charge is -2.08. The third-order valence-corrected chi connectivity index (χ3v) is 1.77. The summed E-state index contributed by atoms with van der Waals surface area (Å²) in [6.07, 6.45) is 0. The average Bonchev–Trinajstić information content (AvgIpc) is 1.94. The van der Waals surface area contributed by atoms with Gasteiger partial charge in [0.25, 0.3) is 0 Å². The molecule has 0 heterocycles. The van der Waals surface area contributed by atoms with Crippen LogP contribution in [0, 0.1) is 0 Å². The second-order valence-electron chi connectivity index (χ2n) is 2.56. The van der Waals surface area contributed by atoms with E-state index in [0.29, 0.717) is 10.7 Å². The Morgan fingerprint density at radius 1 is 1.45 bits per heavy atom. The standard InChI is InChI=1S/C8H11ClN2/c1-5(10)7-4-6(9)2-3-8(7)11/h2-5H,10-11H2,1H3. The highest BCUT2D eigenvalue weighted by Gasteiger charge is 2.03. The summed E-state index contributed by atoms with van der Waals surface area (Å²) >= 11 is 5.75. The number of hydrogen-bond donors (Lipinski definition) is 2. The molecule has 1 unspecified atom stereocenters. The molecule has 1 atom stereocenters. The van der Waals surface area contributed by atoms with Crippen molar-refractivity contribution in [2.45, 2.75) is 13.0 Å². The Kier molecular flexibility index (Phi) is 2.37. The van der Waals surface area contributed by atoms with Gasteiger partial charge in [-0.1, -0.05) is 11.6 Å². The molecule has 1 aromatic carbocycles. The van der Waals surface area contributed by atoms with Crippen molar-refractivity contribution in [3.8, 4) is 0 Å². The van der Waals surface area contributed by atoms with Crippen LogP contribution >= 0.6 is 11.6 Å². The normalized spacial score (nSPS) is 13.0. The van der Waals surface area contributed by atoms with Crippen LogP contribution in [0.5, 0.6) is 0 Å². The summed E-state index contributed by atoms with van der Waals surface area (Å²) in [5, 5.41) is 0.673. The Bertz CT molecular complexity index is 258. The van der Waals surface area contributed by atoms with E-state index in [1.807, 2.05) is 6.92 Å². The van der Waals surface area contributed by atoms with Crippen molar-refractivity contribution in [2.24, 2.45) is 5.73 Å². The minimum absolute atomic E-state index is 0.0614. The summed E-state index contributed by atoms with van der Waals surface area (Å²) in [4.78, 5) is 0. The Hall–Kier alpha value is -0.730. The van der Waals surface area contributed by atoms with E-state index in [1.54, 1.807) is 18.2 Å². The predicted octanol–water partition coefficient (Wildman–Crippen LogP) is 1.94. The van der Waals surface area contributed by atoms with Crippen molar-refractivity contribution >= 4 is 17.3 Å². The highest BCUT2D eigenvalue weighted by Crippen LogP contribution is 2.22. The summed E-state index contributed by atoms with van der Waals surface area (Å²) < 4.78 is 0. The highest BCUT2D eigenvalue weighted by molar-refractivity contribution is 6.30. The first-order chi connectivity index (χ1) is 5.11. The van der Waals surface area contributed by atoms with Crippen molar-refractivity contribution in [3.05, 3.63) is 28.8 Å². The first-order valence-electron chi connectivity index (χ1n) is 3.42. The summed E-state index contributed by atoms with van der Waals surface area (Å²) in [7, 11) is 0. The molecule has 2 nitrogen and oxygen atoms in total. The van der Waals surface area contributed by atoms with E-state index >= 15 is 0 Å². The molecule has 0 radical (unpaired) electrons. The van der Waals surface area contributed by atoms with Gasteiger partial charge in [0, 0.05) is 16.8 Å². The molecule has 0 aromatic heterocycles. The van der Waals surface area contributed by atoms with Crippen LogP contribution in [0.2, 0.25) is 5.02 Å². The van der Waals surface area contributed by atoms with Gasteiger partial charge in [0.05, 0.1) is 0 Å². The topological polar surface area (TPSA) is 52.0 Å². The average molecular weight is 171 g/mol. The van der Waals surface area contributed by atoms with Crippen LogP contribution in [-0.2, 0) is 0 Å². The summed E-state index contributed by atoms with van der Waals surface area (Å²) in [6.45, 7) is 1.88. The molecular weight excluding hydrogens is 160 g/mol. The Labute approximate surface area is 71.1 Å². The zero-order valence-corrected chi connectivity index (χ0v) is 7.10. The monoisotopic (exact) mass is 170 g/mol. The maximum Gasteiger partial charge on any atom is 0.0410 e. The molecule has 11 heavy (non-hydrogen) atoms. The minimum Gasteiger partial charge on any atom is -0.398 e. The molecule has 60 valence electrons. The van der Waals surface area contributed by atoms with Crippen LogP contribution in [0.3, 0.4) is 0 Å². The van der Waals surface area contributed by atoms with Crippen LogP contribution in [0.25, 0.3) is 0 Å². The molecule has 0 aliphatic carbocycles. The van der Waals surface area contributed by atoms with Crippen molar-refractivity contribution in [1.29, 1.82) is 0 Å². The van der Waals surface area contributed by atoms with Crippen LogP contribution in [0.1, 0.15) is 18.5 Å². The number of nitrogen functional groups attached to an aromatic ring is 1. The molecule has 3 heteroatoms. The first kappa shape index (κ1) is 8.37. The van der Waals surface area contributed by atoms with Crippen LogP contribution in [-0.4, -0.2) is 0 Å². The molecule has 0 bridgehead atoms. The number of hydrogen-bond acceptors (Lipinski definition) is 2. The lowest BCUT2D eigenvalue weighted by Crippen LogP contribution is -2.07. The third-order valence-electron chi connectivity index (χ3n) is 1.54. The molecule has 0 fully saturated rings. The maximum absolute atomic E-state index is 5.75. The van der Waals surface area contributed by atoms with E-state index in [9.17, 15) is 0 Å². The smallest absolute Gasteiger partial charge is 0.0410 e. The number of benzene rings is 1. The van der Waals surface area contributed by atoms with Crippen LogP contribution in [0.15, 0.2) is 18.2 Å². The second-order valence-corrected chi connectivity index (χ2v) is 3.00. The minimum atomic E-state index is -0.0614. The molecule has 0 aliphatic heterocycles. The molecule has 0 amide bonds. The Morgan fingerprint density at radius 3 is 2.55 bits per heavy atom. The zero-order chi connectivity index (χ0) is 8.43. The van der Waals surface area contributed by atoms with E-state index in [-0.39, 0.29) is 6.04 Å². The quantitative estimate of drug-likeness (QED) is 0.633. The van der Waals surface area contributed by atoms with Crippen molar-refractivity contribution in [2.75, 3.05) is 5.73 Å². The number of rotatable bonds is 1. The molecule has 4 N–H and O–H groups in total. The van der Waals surface area contributed by atoms with E-state index in [2.05, 4.69) is 0 Å². The van der Waals surface area contributed by atoms with Gasteiger partial charge in [-0.3, -0.25) is 0 Å². The second kappa shape index (κ2) is 3.11. The van der Waals surface area contributed by atoms with Gasteiger partial charge in [0.1, 0.15) is 0 Å². The van der Waals surface area contributed by atoms with Crippen molar-refractivity contribution in [1.82, 2.24) is 0 Å². The van der Waals surface area contributed by atoms with Crippen LogP contribution in [0.4, 0.5) is 5.69 Å². The summed E-state index contributed by atoms with van der Waals surface area (Å²) in [5.74, 6) is 0. The van der Waals surface area contributed by atoms with Gasteiger partial charge in [-0.05, 0) is 30.7 Å². The van der Waals surface area contributed by atoms with Crippen LogP contribution < -0.4 is 11.5 Å². The van der Waals surface area contributed by atoms with Gasteiger partial charge >= 0.3 is 0 Å². The van der Waals surface area contributed by atoms with Gasteiger partial charge < -0.3 is 11.5 Å². The van der Waals surface area contributed by atoms with Gasteiger partial charge in [0.15, 0.2) is 0 Å². The van der Waals surface area contributed by atoms with Gasteiger partial charge in [-0.2, -0.15) is 0 Å². The molecule has 0 spiro atoms. The number of anilines is 1. The lowest BCUT2D eigenvalue weighted by molar-refractivity contribution is 0.821. The SMILES string of the molecule is CC(N)c1cc(Cl)ccc1N. The van der Waals surface area contributed by atoms with Crippen molar-refractivity contribution in [3.63, 3.8) is 0 Å². The zero-order valence-electron chi connectivity index (χ0n) is 6.34. The number of halogens is 1. The van der Waals surface area contributed by atoms with E-state index < -0.39 is 0 Å². The Balaban J connectivity index is 3.13. The predicted molar refractivity (Wildman–Crippen MR) is 48.5 cm³/mol. The fourth-order valence-electron chi connectivity index (χ4n) is 0.940. The first-order valence-corrected chi connectivity index (χ1v) is 3.79. The highest BCUT2D eigenvalue weighted by atomic mass is 35.5. The van der Waals surface area contributed by atoms with Gasteiger partial charge in [-0.15, -0.1) is 0 Å². The van der Waals surface area contributed by atoms with Crippen molar-refractivity contribution < 1.29 is 0 Å². The lowest BCUT2D eigenvalue weighted by atomic mass is 10.1. The molecule has 0 saturated heterocycles. The fraction of sp³-hybridized carbons (Fsp3) is 0.250. The summed E-state index contributed by atoms with van der Waals surface area (Å²) in [6, 6.07) is 5.25. The Morgan fingerprint density at radius 2 is 2.09 bits per heavy atom. The molecule has 0 aliphatic rings. The molecular formula is C8H11ClN2. The molecule has 1 rings (SSSR count). The molecule has 0 saturated carbocycles. The van der Waals surface area contributed by atoms with E-state index in [4.69, 9.17) is 23.1 Å².